The molecule has 0 fully saturated rings. The van der Waals surface area contributed by atoms with Crippen LogP contribution in [0.1, 0.15) is 168 Å². The van der Waals surface area contributed by atoms with E-state index in [9.17, 15) is 10.2 Å². The minimum Gasteiger partial charge on any atom is -0.392 e. The number of nitrogens with zero attached hydrogens (tertiary/aromatic N) is 1. The number of aliphatic hydroxyl groups is 2. The first-order valence-corrected chi connectivity index (χ1v) is 18.5. The first kappa shape index (κ1) is 40.8. The normalized spacial score (nSPS) is 14.1. The second-order valence-electron chi connectivity index (χ2n) is 13.1. The van der Waals surface area contributed by atoms with Crippen LogP contribution in [-0.2, 0) is 0 Å². The van der Waals surface area contributed by atoms with Crippen LogP contribution in [-0.4, -0.2) is 73.6 Å². The molecule has 0 aliphatic carbocycles. The Hall–Kier alpha value is -0.200. The quantitative estimate of drug-likeness (QED) is 0.0572. The largest absolute Gasteiger partial charge is 0.392 e. The molecule has 0 amide bonds. The lowest BCUT2D eigenvalue weighted by Gasteiger charge is -2.30. The second kappa shape index (κ2) is 32.7. The molecule has 0 radical (unpaired) electrons. The average Bonchev–Trinajstić information content (AvgIpc) is 2.96. The standard InChI is InChI=1S/C36H77N3O2/c1-5-7-9-11-13-15-16-18-20-23-27-35(40)32-39(31-25-21-24-28-38-30-29-37-4)33-36(41)34(3)26-22-19-17-14-12-10-8-6-2/h34-38,40-41H,5-33H2,1-4H3. The molecule has 0 saturated carbocycles. The van der Waals surface area contributed by atoms with Gasteiger partial charge in [0.2, 0.25) is 0 Å². The lowest BCUT2D eigenvalue weighted by Crippen LogP contribution is -2.40. The Morgan fingerprint density at radius 1 is 0.537 bits per heavy atom. The number of rotatable bonds is 34. The van der Waals surface area contributed by atoms with Crippen molar-refractivity contribution in [3.05, 3.63) is 0 Å². The summed E-state index contributed by atoms with van der Waals surface area (Å²) in [7, 11) is 1.99. The molecule has 5 heteroatoms. The van der Waals surface area contributed by atoms with Crippen LogP contribution >= 0.6 is 0 Å². The molecule has 4 N–H and O–H groups in total. The van der Waals surface area contributed by atoms with Crippen molar-refractivity contribution in [3.8, 4) is 0 Å². The summed E-state index contributed by atoms with van der Waals surface area (Å²) in [5, 5.41) is 28.6. The van der Waals surface area contributed by atoms with E-state index in [-0.39, 0.29) is 12.2 Å². The number of nitrogens with one attached hydrogen (secondary N) is 2. The second-order valence-corrected chi connectivity index (χ2v) is 13.1. The summed E-state index contributed by atoms with van der Waals surface area (Å²) in [6.45, 7) is 12.3. The smallest absolute Gasteiger partial charge is 0.0692 e. The molecule has 0 bridgehead atoms. The van der Waals surface area contributed by atoms with Gasteiger partial charge in [-0.1, -0.05) is 143 Å². The SMILES string of the molecule is CCCCCCCCCCCCC(O)CN(CCCCCNCCNC)CC(O)C(C)CCCCCCCCCC. The molecule has 0 aromatic rings. The fourth-order valence-corrected chi connectivity index (χ4v) is 5.85. The topological polar surface area (TPSA) is 67.8 Å². The van der Waals surface area contributed by atoms with E-state index >= 15 is 0 Å². The maximum absolute atomic E-state index is 11.0. The van der Waals surface area contributed by atoms with Gasteiger partial charge >= 0.3 is 0 Å². The molecule has 0 aromatic heterocycles. The van der Waals surface area contributed by atoms with E-state index in [4.69, 9.17) is 0 Å². The molecule has 5 nitrogen and oxygen atoms in total. The third-order valence-corrected chi connectivity index (χ3v) is 8.85. The summed E-state index contributed by atoms with van der Waals surface area (Å²) >= 11 is 0. The van der Waals surface area contributed by atoms with E-state index in [1.807, 2.05) is 7.05 Å². The zero-order chi connectivity index (χ0) is 30.2. The molecule has 41 heavy (non-hydrogen) atoms. The Bertz CT molecular complexity index is 493. The zero-order valence-electron chi connectivity index (χ0n) is 28.6. The summed E-state index contributed by atoms with van der Waals surface area (Å²) in [5.41, 5.74) is 0. The third kappa shape index (κ3) is 29.6. The highest BCUT2D eigenvalue weighted by Crippen LogP contribution is 2.18. The van der Waals surface area contributed by atoms with Crippen molar-refractivity contribution >= 4 is 0 Å². The molecule has 0 aromatic carbocycles. The molecule has 0 aliphatic rings. The van der Waals surface area contributed by atoms with Crippen molar-refractivity contribution in [2.24, 2.45) is 5.92 Å². The van der Waals surface area contributed by atoms with Crippen LogP contribution in [0, 0.1) is 5.92 Å². The first-order chi connectivity index (χ1) is 20.0. The molecule has 0 aliphatic heterocycles. The number of hydrogen-bond acceptors (Lipinski definition) is 5. The van der Waals surface area contributed by atoms with E-state index in [0.29, 0.717) is 19.0 Å². The van der Waals surface area contributed by atoms with Crippen LogP contribution < -0.4 is 10.6 Å². The predicted octanol–water partition coefficient (Wildman–Crippen LogP) is 8.47. The van der Waals surface area contributed by atoms with Crippen LogP contribution in [0.25, 0.3) is 0 Å². The first-order valence-electron chi connectivity index (χ1n) is 18.5. The van der Waals surface area contributed by atoms with Gasteiger partial charge in [-0.25, -0.2) is 0 Å². The van der Waals surface area contributed by atoms with Gasteiger partial charge < -0.3 is 20.8 Å². The monoisotopic (exact) mass is 584 g/mol. The molecular formula is C36H77N3O2. The van der Waals surface area contributed by atoms with Gasteiger partial charge in [-0.05, 0) is 51.7 Å². The highest BCUT2D eigenvalue weighted by molar-refractivity contribution is 4.73. The lowest BCUT2D eigenvalue weighted by atomic mass is 9.96. The van der Waals surface area contributed by atoms with Gasteiger partial charge in [0.25, 0.3) is 0 Å². The van der Waals surface area contributed by atoms with Gasteiger partial charge in [0.05, 0.1) is 12.2 Å². The summed E-state index contributed by atoms with van der Waals surface area (Å²) in [4.78, 5) is 2.37. The van der Waals surface area contributed by atoms with Gasteiger partial charge in [0.15, 0.2) is 0 Å². The summed E-state index contributed by atoms with van der Waals surface area (Å²) in [6, 6.07) is 0. The van der Waals surface area contributed by atoms with Crippen molar-refractivity contribution < 1.29 is 10.2 Å². The maximum Gasteiger partial charge on any atom is 0.0692 e. The number of unbranched alkanes of at least 4 members (excludes halogenated alkanes) is 18. The minimum atomic E-state index is -0.299. The van der Waals surface area contributed by atoms with Gasteiger partial charge in [0.1, 0.15) is 0 Å². The average molecular weight is 584 g/mol. The molecule has 0 spiro atoms. The van der Waals surface area contributed by atoms with Crippen molar-refractivity contribution in [1.82, 2.24) is 15.5 Å². The fourth-order valence-electron chi connectivity index (χ4n) is 5.85. The molecule has 248 valence electrons. The highest BCUT2D eigenvalue weighted by atomic mass is 16.3. The van der Waals surface area contributed by atoms with Crippen LogP contribution in [0.4, 0.5) is 0 Å². The summed E-state index contributed by atoms with van der Waals surface area (Å²) < 4.78 is 0. The van der Waals surface area contributed by atoms with Crippen LogP contribution in [0.3, 0.4) is 0 Å². The van der Waals surface area contributed by atoms with Gasteiger partial charge in [-0.3, -0.25) is 4.90 Å². The van der Waals surface area contributed by atoms with E-state index in [2.05, 4.69) is 36.3 Å². The molecular weight excluding hydrogens is 506 g/mol. The predicted molar refractivity (Wildman–Crippen MR) is 182 cm³/mol. The third-order valence-electron chi connectivity index (χ3n) is 8.85. The Labute approximate surface area is 258 Å². The Morgan fingerprint density at radius 3 is 1.56 bits per heavy atom. The zero-order valence-corrected chi connectivity index (χ0v) is 28.6. The fraction of sp³-hybridized carbons (Fsp3) is 1.00. The molecule has 3 atom stereocenters. The van der Waals surface area contributed by atoms with Crippen LogP contribution in [0.2, 0.25) is 0 Å². The Kier molecular flexibility index (Phi) is 32.5. The Morgan fingerprint density at radius 2 is 1.02 bits per heavy atom. The van der Waals surface area contributed by atoms with Crippen molar-refractivity contribution in [2.75, 3.05) is 46.3 Å². The molecule has 3 unspecified atom stereocenters. The lowest BCUT2D eigenvalue weighted by molar-refractivity contribution is 0.0389. The van der Waals surface area contributed by atoms with Crippen molar-refractivity contribution in [2.45, 2.75) is 181 Å². The van der Waals surface area contributed by atoms with Gasteiger partial charge in [-0.2, -0.15) is 0 Å². The molecule has 0 rings (SSSR count). The number of likely N-dealkylation sites (N-methyl/N-ethyl adjacent to an activating group) is 1. The number of aliphatic hydroxyl groups excluding tert-OH is 2. The summed E-state index contributed by atoms with van der Waals surface area (Å²) in [5.74, 6) is 0.327. The molecule has 0 saturated heterocycles. The van der Waals surface area contributed by atoms with E-state index in [1.165, 1.54) is 122 Å². The number of hydrogen-bond donors (Lipinski definition) is 4. The highest BCUT2D eigenvalue weighted by Gasteiger charge is 2.20. The van der Waals surface area contributed by atoms with Crippen molar-refractivity contribution in [1.29, 1.82) is 0 Å². The van der Waals surface area contributed by atoms with E-state index < -0.39 is 0 Å². The van der Waals surface area contributed by atoms with Crippen LogP contribution in [0.5, 0.6) is 0 Å². The van der Waals surface area contributed by atoms with Crippen LogP contribution in [0.15, 0.2) is 0 Å². The van der Waals surface area contributed by atoms with Gasteiger partial charge in [0, 0.05) is 26.2 Å². The van der Waals surface area contributed by atoms with Crippen molar-refractivity contribution in [3.63, 3.8) is 0 Å². The molecule has 0 heterocycles. The van der Waals surface area contributed by atoms with Gasteiger partial charge in [-0.15, -0.1) is 0 Å². The summed E-state index contributed by atoms with van der Waals surface area (Å²) in [6.07, 6.45) is 29.0. The van der Waals surface area contributed by atoms with E-state index in [0.717, 1.165) is 51.9 Å². The van der Waals surface area contributed by atoms with E-state index in [1.54, 1.807) is 0 Å². The Balaban J connectivity index is 4.31. The minimum absolute atomic E-state index is 0.275. The maximum atomic E-state index is 11.0.